The molecule has 8 rings (SSSR count). The fourth-order valence-corrected chi connectivity index (χ4v) is 12.4. The summed E-state index contributed by atoms with van der Waals surface area (Å²) in [6, 6.07) is 41.4. The summed E-state index contributed by atoms with van der Waals surface area (Å²) in [7, 11) is 0. The fraction of sp³-hybridized carbons (Fsp3) is 0.427. The van der Waals surface area contributed by atoms with Crippen LogP contribution in [0, 0.1) is 0 Å². The standard InChI is InChI=1S/C44H57N3O7S.C38H47N3O7S/c1-4-7-9-11-12-20-32-52-54-38-27-28-40(53-43(49)35-23-25-37(26-24-35)50-30-18-13-14-19-31-51-42(48)6-3)36(33-38)34-45-47(29-17-10-8-5-2)44-46-39-21-15-16-22-41(39)55-44;1-4-6-7-12-23-41(38-40-34-15-10-11-16-36(34)49-38)39-27-32-26-31(29(3)47-43)19-22-35(32)48-46-28-30-17-20-33(21-18-30)44-24-13-8-9-14-25-45-37(42)5-2/h6,15-16,21-28,33-34H,3-5,7-14,17-20,29-32H2,1-2H3;5,10-11,15-22,26-27,29,43H,2,4,6-9,12-14,23-25,28H2,1,3H3/b45-34+;39-27+. The van der Waals surface area contributed by atoms with Crippen molar-refractivity contribution in [1.82, 2.24) is 9.97 Å². The number of carbonyl (C=O) groups is 3. The number of fused-ring (bicyclic) bond motifs is 2. The molecule has 0 amide bonds. The van der Waals surface area contributed by atoms with Crippen LogP contribution in [0.15, 0.2) is 169 Å². The van der Waals surface area contributed by atoms with E-state index in [1.807, 2.05) is 82.8 Å². The molecule has 0 saturated carbocycles. The van der Waals surface area contributed by atoms with Gasteiger partial charge in [-0.05, 0) is 180 Å². The highest BCUT2D eigenvalue weighted by atomic mass is 32.1. The van der Waals surface area contributed by atoms with Crippen LogP contribution in [0.5, 0.6) is 28.7 Å². The number of nitrogens with zero attached hydrogens (tertiary/aromatic N) is 6. The lowest BCUT2D eigenvalue weighted by Crippen LogP contribution is -2.18. The maximum absolute atomic E-state index is 13.4. The maximum atomic E-state index is 13.4. The van der Waals surface area contributed by atoms with Gasteiger partial charge in [-0.3, -0.25) is 5.26 Å². The summed E-state index contributed by atoms with van der Waals surface area (Å²) >= 11 is 3.21. The van der Waals surface area contributed by atoms with Crippen LogP contribution in [0.2, 0.25) is 0 Å². The average Bonchev–Trinajstić information content (AvgIpc) is 1.64. The normalized spacial score (nSPS) is 11.5. The van der Waals surface area contributed by atoms with Gasteiger partial charge < -0.3 is 33.5 Å². The molecule has 0 bridgehead atoms. The number of benzene rings is 6. The molecule has 6 aromatic carbocycles. The van der Waals surface area contributed by atoms with E-state index in [0.29, 0.717) is 79.3 Å². The van der Waals surface area contributed by atoms with Crippen LogP contribution >= 0.6 is 22.7 Å². The summed E-state index contributed by atoms with van der Waals surface area (Å²) < 4.78 is 29.9. The minimum Gasteiger partial charge on any atom is -0.494 e. The molecule has 8 aromatic rings. The number of anilines is 2. The van der Waals surface area contributed by atoms with Gasteiger partial charge in [0.15, 0.2) is 11.5 Å². The van der Waals surface area contributed by atoms with Gasteiger partial charge in [0.25, 0.3) is 0 Å². The highest BCUT2D eigenvalue weighted by Crippen LogP contribution is 2.33. The Hall–Kier alpha value is -9.03. The first kappa shape index (κ1) is 82.3. The molecule has 0 aliphatic carbocycles. The summed E-state index contributed by atoms with van der Waals surface area (Å²) in [6.45, 7) is 19.3. The number of hydrogen-bond acceptors (Lipinski definition) is 22. The van der Waals surface area contributed by atoms with E-state index in [1.54, 1.807) is 90.6 Å². The molecule has 0 aliphatic rings. The number of hydrazone groups is 2. The Labute approximate surface area is 621 Å². The van der Waals surface area contributed by atoms with E-state index >= 15 is 0 Å². The lowest BCUT2D eigenvalue weighted by molar-refractivity contribution is -0.277. The van der Waals surface area contributed by atoms with Crippen molar-refractivity contribution in [3.63, 3.8) is 0 Å². The number of aromatic nitrogens is 2. The molecule has 2 aromatic heterocycles. The molecule has 1 unspecified atom stereocenters. The number of hydrogen-bond donors (Lipinski definition) is 1. The Bertz CT molecular complexity index is 3800. The van der Waals surface area contributed by atoms with E-state index < -0.39 is 18.0 Å². The molecule has 2 heterocycles. The topological polar surface area (TPSA) is 221 Å². The number of carbonyl (C=O) groups excluding carboxylic acids is 3. The molecule has 0 saturated heterocycles. The molecule has 0 radical (unpaired) electrons. The Morgan fingerprint density at radius 3 is 1.48 bits per heavy atom. The quantitative estimate of drug-likeness (QED) is 0.00712. The van der Waals surface area contributed by atoms with Crippen molar-refractivity contribution in [2.24, 2.45) is 10.2 Å². The van der Waals surface area contributed by atoms with Gasteiger partial charge in [-0.25, -0.2) is 39.3 Å². The number of esters is 3. The van der Waals surface area contributed by atoms with Gasteiger partial charge in [0.05, 0.1) is 71.5 Å². The molecule has 104 heavy (non-hydrogen) atoms. The van der Waals surface area contributed by atoms with Crippen LogP contribution in [0.25, 0.3) is 20.4 Å². The first-order valence-electron chi connectivity index (χ1n) is 36.8. The van der Waals surface area contributed by atoms with Gasteiger partial charge >= 0.3 is 17.9 Å². The summed E-state index contributed by atoms with van der Waals surface area (Å²) in [5, 5.41) is 24.6. The zero-order valence-electron chi connectivity index (χ0n) is 61.0. The third kappa shape index (κ3) is 30.3. The van der Waals surface area contributed by atoms with Gasteiger partial charge in [0.2, 0.25) is 10.3 Å². The molecular formula is C82H104N6O14S2. The summed E-state index contributed by atoms with van der Waals surface area (Å²) in [4.78, 5) is 72.5. The third-order valence-electron chi connectivity index (χ3n) is 16.5. The lowest BCUT2D eigenvalue weighted by Gasteiger charge is -2.16. The number of rotatable bonds is 51. The SMILES string of the molecule is C=CC(=O)OCCCCCCOc1ccc(C(=O)Oc2ccc(OOCCCCCCCC)cc2/C=N/N(CCCCCC)c2nc3ccccc3s2)cc1.C=CC(=O)OCCCCCCOc1ccc(COOc2ccc(C(C)OO)cc2/C=N/N(CCCCCC)c2nc3ccccc3s2)cc1. The summed E-state index contributed by atoms with van der Waals surface area (Å²) in [5.41, 5.74) is 5.18. The third-order valence-corrected chi connectivity index (χ3v) is 18.6. The van der Waals surface area contributed by atoms with Crippen LogP contribution in [0.1, 0.15) is 208 Å². The first-order chi connectivity index (χ1) is 51.0. The molecule has 558 valence electrons. The molecule has 0 spiro atoms. The number of ether oxygens (including phenoxy) is 5. The van der Waals surface area contributed by atoms with Gasteiger partial charge in [0, 0.05) is 36.4 Å². The zero-order valence-corrected chi connectivity index (χ0v) is 62.6. The van der Waals surface area contributed by atoms with Crippen molar-refractivity contribution in [2.45, 2.75) is 182 Å². The second-order valence-electron chi connectivity index (χ2n) is 24.9. The fourth-order valence-electron chi connectivity index (χ4n) is 10.5. The first-order valence-corrected chi connectivity index (χ1v) is 38.4. The summed E-state index contributed by atoms with van der Waals surface area (Å²) in [5.74, 6) is 1.47. The molecule has 0 aliphatic heterocycles. The Kier molecular flexibility index (Phi) is 38.6. The van der Waals surface area contributed by atoms with E-state index in [1.165, 1.54) is 44.3 Å². The zero-order chi connectivity index (χ0) is 73.6. The highest BCUT2D eigenvalue weighted by molar-refractivity contribution is 7.22. The second kappa shape index (κ2) is 48.8. The minimum absolute atomic E-state index is 0.223. The van der Waals surface area contributed by atoms with E-state index in [0.717, 1.165) is 163 Å². The van der Waals surface area contributed by atoms with Crippen molar-refractivity contribution in [3.8, 4) is 28.7 Å². The Morgan fingerprint density at radius 1 is 0.500 bits per heavy atom. The predicted molar refractivity (Wildman–Crippen MR) is 416 cm³/mol. The lowest BCUT2D eigenvalue weighted by atomic mass is 10.1. The van der Waals surface area contributed by atoms with Crippen LogP contribution in [0.4, 0.5) is 10.3 Å². The van der Waals surface area contributed by atoms with Crippen LogP contribution < -0.4 is 34.0 Å². The van der Waals surface area contributed by atoms with E-state index in [9.17, 15) is 19.6 Å². The average molecular weight is 1460 g/mol. The van der Waals surface area contributed by atoms with Gasteiger partial charge in [-0.15, -0.1) is 0 Å². The number of para-hydroxylation sites is 2. The smallest absolute Gasteiger partial charge is 0.343 e. The monoisotopic (exact) mass is 1460 g/mol. The second-order valence-corrected chi connectivity index (χ2v) is 26.9. The van der Waals surface area contributed by atoms with Crippen molar-refractivity contribution in [2.75, 3.05) is 56.1 Å². The highest BCUT2D eigenvalue weighted by Gasteiger charge is 2.18. The van der Waals surface area contributed by atoms with Crippen LogP contribution in [-0.2, 0) is 40.3 Å². The largest absolute Gasteiger partial charge is 0.494 e. The van der Waals surface area contributed by atoms with Gasteiger partial charge in [-0.2, -0.15) is 20.0 Å². The van der Waals surface area contributed by atoms with E-state index in [-0.39, 0.29) is 12.6 Å². The molecule has 1 N–H and O–H groups in total. The van der Waals surface area contributed by atoms with Crippen molar-refractivity contribution >= 4 is 83.7 Å². The Morgan fingerprint density at radius 2 is 0.962 bits per heavy atom. The molecule has 22 heteroatoms. The molecule has 1 atom stereocenters. The molecule has 20 nitrogen and oxygen atoms in total. The molecular weight excluding hydrogens is 1360 g/mol. The predicted octanol–water partition coefficient (Wildman–Crippen LogP) is 20.7. The number of unbranched alkanes of at least 4 members (excludes halogenated alkanes) is 17. The van der Waals surface area contributed by atoms with E-state index in [4.69, 9.17) is 63.4 Å². The maximum Gasteiger partial charge on any atom is 0.343 e. The van der Waals surface area contributed by atoms with Crippen molar-refractivity contribution in [1.29, 1.82) is 0 Å². The van der Waals surface area contributed by atoms with Crippen LogP contribution in [-0.4, -0.2) is 91.7 Å². The van der Waals surface area contributed by atoms with Crippen molar-refractivity contribution < 1.29 is 67.8 Å². The van der Waals surface area contributed by atoms with E-state index in [2.05, 4.69) is 50.9 Å². The molecule has 0 fully saturated rings. The minimum atomic E-state index is -0.536. The van der Waals surface area contributed by atoms with Crippen LogP contribution in [0.3, 0.4) is 0 Å². The summed E-state index contributed by atoms with van der Waals surface area (Å²) in [6.07, 6.45) is 28.2. The van der Waals surface area contributed by atoms with Crippen molar-refractivity contribution in [3.05, 3.63) is 187 Å². The number of thiazole rings is 2. The Balaban J connectivity index is 0.000000293. The van der Waals surface area contributed by atoms with Gasteiger partial charge in [-0.1, -0.05) is 170 Å². The van der Waals surface area contributed by atoms with Gasteiger partial charge in [0.1, 0.15) is 30.0 Å².